The van der Waals surface area contributed by atoms with E-state index < -0.39 is 0 Å². The van der Waals surface area contributed by atoms with Gasteiger partial charge in [0.2, 0.25) is 0 Å². The van der Waals surface area contributed by atoms with Gasteiger partial charge < -0.3 is 4.74 Å². The summed E-state index contributed by atoms with van der Waals surface area (Å²) >= 11 is 1.37. The summed E-state index contributed by atoms with van der Waals surface area (Å²) in [6.07, 6.45) is 1.80. The first-order valence-corrected chi connectivity index (χ1v) is 8.52. The minimum Gasteiger partial charge on any atom is -0.496 e. The van der Waals surface area contributed by atoms with E-state index in [4.69, 9.17) is 4.74 Å². The summed E-state index contributed by atoms with van der Waals surface area (Å²) < 4.78 is 8.78. The first-order chi connectivity index (χ1) is 12.8. The highest BCUT2D eigenvalue weighted by atomic mass is 32.2. The lowest BCUT2D eigenvalue weighted by Gasteiger charge is -2.10. The van der Waals surface area contributed by atoms with E-state index >= 15 is 0 Å². The maximum absolute atomic E-state index is 5.45. The smallest absolute Gasteiger partial charge is 0.200 e. The molecule has 0 aliphatic rings. The number of ether oxygens (including phenoxy) is 1. The maximum Gasteiger partial charge on any atom is 0.200 e. The van der Waals surface area contributed by atoms with E-state index in [1.165, 1.54) is 16.4 Å². The maximum atomic E-state index is 5.45. The molecule has 0 saturated heterocycles. The van der Waals surface area contributed by atoms with Crippen LogP contribution in [0.25, 0.3) is 17.0 Å². The van der Waals surface area contributed by atoms with Crippen molar-refractivity contribution in [2.45, 2.75) is 16.7 Å². The third-order valence-corrected chi connectivity index (χ3v) is 4.53. The van der Waals surface area contributed by atoms with Crippen LogP contribution in [0.4, 0.5) is 0 Å². The number of methoxy groups -OCH3 is 1. The van der Waals surface area contributed by atoms with Crippen LogP contribution >= 0.6 is 11.8 Å². The van der Waals surface area contributed by atoms with E-state index in [-0.39, 0.29) is 0 Å². The van der Waals surface area contributed by atoms with E-state index in [0.717, 1.165) is 11.3 Å². The van der Waals surface area contributed by atoms with Gasteiger partial charge in [-0.25, -0.2) is 0 Å². The molecule has 1 aromatic carbocycles. The molecule has 4 rings (SSSR count). The minimum atomic E-state index is 0.551. The minimum absolute atomic E-state index is 0.551. The van der Waals surface area contributed by atoms with Gasteiger partial charge in [-0.1, -0.05) is 18.2 Å². The first kappa shape index (κ1) is 16.2. The fourth-order valence-corrected chi connectivity index (χ4v) is 3.26. The fourth-order valence-electron chi connectivity index (χ4n) is 2.47. The van der Waals surface area contributed by atoms with Gasteiger partial charge in [-0.15, -0.1) is 31.6 Å². The number of allylic oxidation sites excluding steroid dienone is 1. The second-order valence-electron chi connectivity index (χ2n) is 5.21. The van der Waals surface area contributed by atoms with Gasteiger partial charge in [0, 0.05) is 6.54 Å². The molecule has 3 heterocycles. The molecule has 0 bridgehead atoms. The molecule has 10 heteroatoms. The topological polar surface area (TPSA) is 95.9 Å². The Kier molecular flexibility index (Phi) is 4.32. The number of aromatic nitrogens is 8. The Hall–Kier alpha value is -3.27. The lowest BCUT2D eigenvalue weighted by molar-refractivity contribution is 0.416. The molecule has 0 N–H and O–H groups in total. The average Bonchev–Trinajstić information content (AvgIpc) is 3.29. The lowest BCUT2D eigenvalue weighted by atomic mass is 10.2. The number of nitrogens with zero attached hydrogens (tertiary/aromatic N) is 8. The van der Waals surface area contributed by atoms with Crippen molar-refractivity contribution in [1.82, 2.24) is 40.0 Å². The lowest BCUT2D eigenvalue weighted by Crippen LogP contribution is -2.02. The van der Waals surface area contributed by atoms with Crippen LogP contribution in [-0.2, 0) is 6.54 Å². The number of hydrogen-bond acceptors (Lipinski definition) is 8. The fraction of sp³-hybridized carbons (Fsp3) is 0.125. The van der Waals surface area contributed by atoms with Crippen LogP contribution in [0.3, 0.4) is 0 Å². The zero-order valence-corrected chi connectivity index (χ0v) is 14.7. The van der Waals surface area contributed by atoms with E-state index in [1.54, 1.807) is 19.3 Å². The third-order valence-electron chi connectivity index (χ3n) is 3.62. The van der Waals surface area contributed by atoms with Crippen LogP contribution in [0, 0.1) is 0 Å². The number of hydrogen-bond donors (Lipinski definition) is 0. The van der Waals surface area contributed by atoms with Crippen molar-refractivity contribution in [2.24, 2.45) is 0 Å². The first-order valence-electron chi connectivity index (χ1n) is 7.71. The summed E-state index contributed by atoms with van der Waals surface area (Å²) in [7, 11) is 1.63. The molecule has 0 unspecified atom stereocenters. The summed E-state index contributed by atoms with van der Waals surface area (Å²) in [6.45, 7) is 4.38. The predicted octanol–water partition coefficient (Wildman–Crippen LogP) is 2.12. The number of tetrazole rings is 1. The normalized spacial score (nSPS) is 11.0. The molecule has 3 aromatic heterocycles. The van der Waals surface area contributed by atoms with Crippen molar-refractivity contribution in [3.8, 4) is 17.1 Å². The van der Waals surface area contributed by atoms with Gasteiger partial charge >= 0.3 is 0 Å². The molecule has 26 heavy (non-hydrogen) atoms. The van der Waals surface area contributed by atoms with Gasteiger partial charge in [0.05, 0.1) is 12.7 Å². The van der Waals surface area contributed by atoms with E-state index in [2.05, 4.69) is 37.4 Å². The largest absolute Gasteiger partial charge is 0.496 e. The zero-order chi connectivity index (χ0) is 17.9. The van der Waals surface area contributed by atoms with Gasteiger partial charge in [-0.2, -0.15) is 0 Å². The van der Waals surface area contributed by atoms with Gasteiger partial charge in [0.15, 0.2) is 16.6 Å². The standard InChI is InChI=1S/C16H14N8OS/c1-3-10-23-15(11-6-4-5-7-12(11)25-2)18-19-16(23)26-14-9-8-13-17-21-22-24(13)20-14/h3-9H,1,10H2,2H3. The van der Waals surface area contributed by atoms with Gasteiger partial charge in [-0.3, -0.25) is 4.57 Å². The number of para-hydroxylation sites is 1. The van der Waals surface area contributed by atoms with Crippen LogP contribution in [0.5, 0.6) is 5.75 Å². The van der Waals surface area contributed by atoms with Crippen molar-refractivity contribution < 1.29 is 4.74 Å². The summed E-state index contributed by atoms with van der Waals surface area (Å²) in [5.41, 5.74) is 1.44. The number of fused-ring (bicyclic) bond motifs is 1. The SMILES string of the molecule is C=CCn1c(Sc2ccc3nnnn3n2)nnc1-c1ccccc1OC. The van der Waals surface area contributed by atoms with Crippen LogP contribution in [0.1, 0.15) is 0 Å². The quantitative estimate of drug-likeness (QED) is 0.479. The molecular formula is C16H14N8OS. The molecule has 0 saturated carbocycles. The van der Waals surface area contributed by atoms with E-state index in [1.807, 2.05) is 34.9 Å². The van der Waals surface area contributed by atoms with Crippen LogP contribution in [-0.4, -0.2) is 47.1 Å². The molecule has 0 spiro atoms. The predicted molar refractivity (Wildman–Crippen MR) is 94.9 cm³/mol. The summed E-state index contributed by atoms with van der Waals surface area (Å²) in [6, 6.07) is 11.3. The van der Waals surface area contributed by atoms with Crippen molar-refractivity contribution in [1.29, 1.82) is 0 Å². The molecule has 0 aliphatic carbocycles. The molecule has 0 amide bonds. The highest BCUT2D eigenvalue weighted by Crippen LogP contribution is 2.32. The Morgan fingerprint density at radius 1 is 1.15 bits per heavy atom. The summed E-state index contributed by atoms with van der Waals surface area (Å²) in [4.78, 5) is 0. The highest BCUT2D eigenvalue weighted by Gasteiger charge is 2.18. The van der Waals surface area contributed by atoms with Gasteiger partial charge in [0.1, 0.15) is 10.8 Å². The van der Waals surface area contributed by atoms with Crippen molar-refractivity contribution in [3.63, 3.8) is 0 Å². The Labute approximate surface area is 152 Å². The molecule has 9 nitrogen and oxygen atoms in total. The average molecular weight is 366 g/mol. The molecule has 0 fully saturated rings. The monoisotopic (exact) mass is 366 g/mol. The molecule has 4 aromatic rings. The summed E-state index contributed by atoms with van der Waals surface area (Å²) in [5.74, 6) is 1.43. The van der Waals surface area contributed by atoms with Gasteiger partial charge in [-0.05, 0) is 46.5 Å². The number of rotatable bonds is 6. The molecular weight excluding hydrogens is 352 g/mol. The summed E-state index contributed by atoms with van der Waals surface area (Å²) in [5, 5.41) is 25.7. The zero-order valence-electron chi connectivity index (χ0n) is 13.8. The molecule has 0 aliphatic heterocycles. The third kappa shape index (κ3) is 2.90. The van der Waals surface area contributed by atoms with Crippen molar-refractivity contribution in [3.05, 3.63) is 49.1 Å². The molecule has 0 radical (unpaired) electrons. The van der Waals surface area contributed by atoms with Crippen LogP contribution < -0.4 is 4.74 Å². The van der Waals surface area contributed by atoms with E-state index in [0.29, 0.717) is 28.2 Å². The highest BCUT2D eigenvalue weighted by molar-refractivity contribution is 7.99. The van der Waals surface area contributed by atoms with Crippen LogP contribution in [0.2, 0.25) is 0 Å². The van der Waals surface area contributed by atoms with Crippen LogP contribution in [0.15, 0.2) is 59.2 Å². The second kappa shape index (κ2) is 6.92. The Balaban J connectivity index is 1.74. The molecule has 130 valence electrons. The Bertz CT molecular complexity index is 1070. The number of benzene rings is 1. The van der Waals surface area contributed by atoms with Crippen molar-refractivity contribution >= 4 is 17.4 Å². The second-order valence-corrected chi connectivity index (χ2v) is 6.19. The Morgan fingerprint density at radius 3 is 2.88 bits per heavy atom. The Morgan fingerprint density at radius 2 is 2.04 bits per heavy atom. The van der Waals surface area contributed by atoms with E-state index in [9.17, 15) is 0 Å². The molecule has 0 atom stereocenters. The van der Waals surface area contributed by atoms with Gasteiger partial charge in [0.25, 0.3) is 0 Å². The van der Waals surface area contributed by atoms with Crippen molar-refractivity contribution in [2.75, 3.05) is 7.11 Å².